The Hall–Kier alpha value is -1.06. The molecule has 0 saturated carbocycles. The number of thiophene rings is 1. The van der Waals surface area contributed by atoms with Crippen LogP contribution in [0, 0.1) is 0 Å². The Morgan fingerprint density at radius 2 is 2.50 bits per heavy atom. The van der Waals surface area contributed by atoms with Crippen molar-refractivity contribution < 1.29 is 0 Å². The van der Waals surface area contributed by atoms with Gasteiger partial charge in [0.05, 0.1) is 4.88 Å². The number of hydrogen-bond acceptors (Lipinski definition) is 2. The van der Waals surface area contributed by atoms with Crippen LogP contribution in [0.1, 0.15) is 0 Å². The summed E-state index contributed by atoms with van der Waals surface area (Å²) in [5.41, 5.74) is 1.53. The fourth-order valence-corrected chi connectivity index (χ4v) is 2.06. The van der Waals surface area contributed by atoms with Crippen molar-refractivity contribution >= 4 is 22.9 Å². The highest BCUT2D eigenvalue weighted by Gasteiger charge is 2.04. The van der Waals surface area contributed by atoms with E-state index in [0.717, 1.165) is 12.4 Å². The van der Waals surface area contributed by atoms with Gasteiger partial charge in [0.2, 0.25) is 0 Å². The summed E-state index contributed by atoms with van der Waals surface area (Å²) in [4.78, 5) is 5.49. The van der Waals surface area contributed by atoms with Gasteiger partial charge in [-0.25, -0.2) is 4.98 Å². The van der Waals surface area contributed by atoms with Gasteiger partial charge in [0.15, 0.2) is 0 Å². The van der Waals surface area contributed by atoms with Gasteiger partial charge in [0.25, 0.3) is 0 Å². The zero-order valence-corrected chi connectivity index (χ0v) is 9.00. The standard InChI is InChI=1S/C10H9ClN2S/c11-4-2-6-13-7-5-12-10(13)9-3-1-8-14-9/h1-5,7-8H,6H2/b4-2+. The first kappa shape index (κ1) is 9.49. The summed E-state index contributed by atoms with van der Waals surface area (Å²) >= 11 is 7.17. The molecule has 0 aromatic carbocycles. The summed E-state index contributed by atoms with van der Waals surface area (Å²) < 4.78 is 2.06. The predicted molar refractivity (Wildman–Crippen MR) is 60.5 cm³/mol. The largest absolute Gasteiger partial charge is 0.326 e. The third-order valence-electron chi connectivity index (χ3n) is 1.85. The number of imidazole rings is 1. The van der Waals surface area contributed by atoms with Gasteiger partial charge < -0.3 is 4.57 Å². The summed E-state index contributed by atoms with van der Waals surface area (Å²) in [6.07, 6.45) is 5.64. The van der Waals surface area contributed by atoms with E-state index >= 15 is 0 Å². The second-order valence-corrected chi connectivity index (χ2v) is 3.94. The van der Waals surface area contributed by atoms with E-state index in [-0.39, 0.29) is 0 Å². The third kappa shape index (κ3) is 1.89. The number of allylic oxidation sites excluding steroid dienone is 1. The van der Waals surface area contributed by atoms with E-state index in [1.165, 1.54) is 10.4 Å². The van der Waals surface area contributed by atoms with Crippen molar-refractivity contribution in [3.05, 3.63) is 41.5 Å². The zero-order chi connectivity index (χ0) is 9.80. The molecule has 0 amide bonds. The molecule has 0 unspecified atom stereocenters. The number of rotatable bonds is 3. The van der Waals surface area contributed by atoms with E-state index in [2.05, 4.69) is 15.6 Å². The topological polar surface area (TPSA) is 17.8 Å². The lowest BCUT2D eigenvalue weighted by Crippen LogP contribution is -1.95. The second kappa shape index (κ2) is 4.44. The zero-order valence-electron chi connectivity index (χ0n) is 7.43. The van der Waals surface area contributed by atoms with E-state index in [9.17, 15) is 0 Å². The molecule has 0 aliphatic rings. The average Bonchev–Trinajstić information content (AvgIpc) is 2.84. The van der Waals surface area contributed by atoms with E-state index < -0.39 is 0 Å². The first-order valence-electron chi connectivity index (χ1n) is 4.22. The van der Waals surface area contributed by atoms with Gasteiger partial charge in [0, 0.05) is 24.5 Å². The maximum atomic E-state index is 5.48. The van der Waals surface area contributed by atoms with Crippen molar-refractivity contribution in [3.8, 4) is 10.7 Å². The molecule has 0 atom stereocenters. The van der Waals surface area contributed by atoms with Crippen LogP contribution >= 0.6 is 22.9 Å². The SMILES string of the molecule is Cl/C=C/Cn1ccnc1-c1cccs1. The molecule has 72 valence electrons. The van der Waals surface area contributed by atoms with Crippen molar-refractivity contribution in [2.75, 3.05) is 0 Å². The molecule has 0 aliphatic carbocycles. The number of hydrogen-bond donors (Lipinski definition) is 0. The fourth-order valence-electron chi connectivity index (χ4n) is 1.24. The van der Waals surface area contributed by atoms with Crippen LogP contribution in [-0.4, -0.2) is 9.55 Å². The molecular formula is C10H9ClN2S. The summed E-state index contributed by atoms with van der Waals surface area (Å²) in [5, 5.41) is 2.05. The van der Waals surface area contributed by atoms with Crippen LogP contribution in [0.4, 0.5) is 0 Å². The molecule has 4 heteroatoms. The lowest BCUT2D eigenvalue weighted by Gasteiger charge is -2.01. The minimum Gasteiger partial charge on any atom is -0.326 e. The molecule has 0 fully saturated rings. The normalized spacial score (nSPS) is 11.2. The van der Waals surface area contributed by atoms with Gasteiger partial charge in [-0.2, -0.15) is 0 Å². The maximum absolute atomic E-state index is 5.48. The summed E-state index contributed by atoms with van der Waals surface area (Å²) in [7, 11) is 0. The number of halogens is 1. The number of aromatic nitrogens is 2. The monoisotopic (exact) mass is 224 g/mol. The molecule has 0 radical (unpaired) electrons. The van der Waals surface area contributed by atoms with Crippen molar-refractivity contribution in [2.45, 2.75) is 6.54 Å². The van der Waals surface area contributed by atoms with Gasteiger partial charge in [-0.15, -0.1) is 11.3 Å². The van der Waals surface area contributed by atoms with Crippen LogP contribution < -0.4 is 0 Å². The van der Waals surface area contributed by atoms with E-state index in [1.54, 1.807) is 17.5 Å². The quantitative estimate of drug-likeness (QED) is 0.782. The first-order chi connectivity index (χ1) is 6.92. The molecular weight excluding hydrogens is 216 g/mol. The van der Waals surface area contributed by atoms with Crippen LogP contribution in [0.25, 0.3) is 10.7 Å². The molecule has 0 N–H and O–H groups in total. The molecule has 0 aliphatic heterocycles. The van der Waals surface area contributed by atoms with Crippen LogP contribution in [0.3, 0.4) is 0 Å². The van der Waals surface area contributed by atoms with E-state index in [0.29, 0.717) is 0 Å². The molecule has 0 spiro atoms. The Bertz CT molecular complexity index is 417. The molecule has 14 heavy (non-hydrogen) atoms. The third-order valence-corrected chi connectivity index (χ3v) is 2.89. The maximum Gasteiger partial charge on any atom is 0.150 e. The van der Waals surface area contributed by atoms with Crippen molar-refractivity contribution in [1.29, 1.82) is 0 Å². The molecule has 2 rings (SSSR count). The van der Waals surface area contributed by atoms with Gasteiger partial charge in [-0.05, 0) is 11.4 Å². The lowest BCUT2D eigenvalue weighted by molar-refractivity contribution is 0.833. The highest BCUT2D eigenvalue weighted by molar-refractivity contribution is 7.13. The molecule has 0 saturated heterocycles. The van der Waals surface area contributed by atoms with E-state index in [4.69, 9.17) is 11.6 Å². The van der Waals surface area contributed by atoms with Crippen LogP contribution in [0.2, 0.25) is 0 Å². The highest BCUT2D eigenvalue weighted by atomic mass is 35.5. The van der Waals surface area contributed by atoms with Crippen molar-refractivity contribution in [1.82, 2.24) is 9.55 Å². The molecule has 0 bridgehead atoms. The molecule has 2 nitrogen and oxygen atoms in total. The van der Waals surface area contributed by atoms with Crippen molar-refractivity contribution in [3.63, 3.8) is 0 Å². The first-order valence-corrected chi connectivity index (χ1v) is 5.53. The molecule has 2 aromatic heterocycles. The molecule has 2 heterocycles. The summed E-state index contributed by atoms with van der Waals surface area (Å²) in [5.74, 6) is 0.995. The predicted octanol–water partition coefficient (Wildman–Crippen LogP) is 3.36. The molecule has 2 aromatic rings. The lowest BCUT2D eigenvalue weighted by atomic mass is 10.4. The average molecular weight is 225 g/mol. The van der Waals surface area contributed by atoms with Crippen LogP contribution in [0.15, 0.2) is 41.5 Å². The Morgan fingerprint density at radius 1 is 1.57 bits per heavy atom. The van der Waals surface area contributed by atoms with Gasteiger partial charge in [-0.3, -0.25) is 0 Å². The minimum atomic E-state index is 0.761. The number of nitrogens with zero attached hydrogens (tertiary/aromatic N) is 2. The fraction of sp³-hybridized carbons (Fsp3) is 0.100. The van der Waals surface area contributed by atoms with E-state index in [1.807, 2.05) is 23.7 Å². The Kier molecular flexibility index (Phi) is 3.01. The summed E-state index contributed by atoms with van der Waals surface area (Å²) in [6.45, 7) is 0.761. The summed E-state index contributed by atoms with van der Waals surface area (Å²) in [6, 6.07) is 4.09. The minimum absolute atomic E-state index is 0.761. The second-order valence-electron chi connectivity index (χ2n) is 2.74. The Labute approximate surface area is 91.5 Å². The smallest absolute Gasteiger partial charge is 0.150 e. The van der Waals surface area contributed by atoms with Crippen LogP contribution in [-0.2, 0) is 6.54 Å². The Morgan fingerprint density at radius 3 is 3.21 bits per heavy atom. The van der Waals surface area contributed by atoms with Crippen molar-refractivity contribution in [2.24, 2.45) is 0 Å². The van der Waals surface area contributed by atoms with Crippen LogP contribution in [0.5, 0.6) is 0 Å². The highest BCUT2D eigenvalue weighted by Crippen LogP contribution is 2.22. The van der Waals surface area contributed by atoms with Gasteiger partial charge >= 0.3 is 0 Å². The Balaban J connectivity index is 2.30. The van der Waals surface area contributed by atoms with Gasteiger partial charge in [-0.1, -0.05) is 23.7 Å². The van der Waals surface area contributed by atoms with Gasteiger partial charge in [0.1, 0.15) is 5.82 Å².